The molecule has 3 N–H and O–H groups in total. The molecule has 0 unspecified atom stereocenters. The summed E-state index contributed by atoms with van der Waals surface area (Å²) in [5, 5.41) is 8.92. The lowest BCUT2D eigenvalue weighted by atomic mass is 9.97. The summed E-state index contributed by atoms with van der Waals surface area (Å²) in [6, 6.07) is 7.37. The van der Waals surface area contributed by atoms with E-state index in [-0.39, 0.29) is 5.92 Å². The van der Waals surface area contributed by atoms with Crippen LogP contribution >= 0.6 is 0 Å². The molecule has 0 atom stereocenters. The van der Waals surface area contributed by atoms with Crippen molar-refractivity contribution < 1.29 is 14.6 Å². The Hall–Kier alpha value is -1.75. The number of likely N-dealkylation sites (tertiary alicyclic amines) is 1. The van der Waals surface area contributed by atoms with E-state index in [0.717, 1.165) is 38.2 Å². The van der Waals surface area contributed by atoms with Gasteiger partial charge < -0.3 is 15.6 Å². The van der Waals surface area contributed by atoms with E-state index in [1.165, 1.54) is 0 Å². The third-order valence-corrected chi connectivity index (χ3v) is 3.47. The minimum Gasteiger partial charge on any atom is -0.492 e. The van der Waals surface area contributed by atoms with Crippen LogP contribution in [-0.4, -0.2) is 42.2 Å². The number of nitrogens with zero attached hydrogens (tertiary/aromatic N) is 1. The molecular formula is C14H20N2O3. The van der Waals surface area contributed by atoms with Crippen LogP contribution in [0.15, 0.2) is 24.3 Å². The molecule has 1 aliphatic rings. The molecule has 1 aromatic carbocycles. The van der Waals surface area contributed by atoms with E-state index < -0.39 is 5.97 Å². The standard InChI is InChI=1S/C14H20N2O3/c15-12-2-1-3-13(10-12)19-9-8-16-6-4-11(5-7-16)14(17)18/h1-3,10-11H,4-9,15H2,(H,17,18). The number of aliphatic carboxylic acids is 1. The highest BCUT2D eigenvalue weighted by Crippen LogP contribution is 2.17. The normalized spacial score (nSPS) is 17.3. The number of hydrogen-bond donors (Lipinski definition) is 2. The fraction of sp³-hybridized carbons (Fsp3) is 0.500. The van der Waals surface area contributed by atoms with Gasteiger partial charge in [-0.2, -0.15) is 0 Å². The lowest BCUT2D eigenvalue weighted by Crippen LogP contribution is -2.38. The average Bonchev–Trinajstić information content (AvgIpc) is 2.39. The lowest BCUT2D eigenvalue weighted by Gasteiger charge is -2.29. The molecule has 0 amide bonds. The highest BCUT2D eigenvalue weighted by Gasteiger charge is 2.23. The fourth-order valence-electron chi connectivity index (χ4n) is 2.30. The third-order valence-electron chi connectivity index (χ3n) is 3.47. The van der Waals surface area contributed by atoms with Gasteiger partial charge in [-0.15, -0.1) is 0 Å². The molecule has 2 rings (SSSR count). The molecule has 0 saturated carbocycles. The van der Waals surface area contributed by atoms with Gasteiger partial charge >= 0.3 is 5.97 Å². The van der Waals surface area contributed by atoms with Gasteiger partial charge in [0.25, 0.3) is 0 Å². The van der Waals surface area contributed by atoms with E-state index in [1.54, 1.807) is 6.07 Å². The molecule has 0 bridgehead atoms. The minimum atomic E-state index is -0.671. The van der Waals surface area contributed by atoms with Crippen molar-refractivity contribution >= 4 is 11.7 Å². The van der Waals surface area contributed by atoms with Gasteiger partial charge in [0, 0.05) is 18.3 Å². The Labute approximate surface area is 113 Å². The molecule has 1 fully saturated rings. The van der Waals surface area contributed by atoms with Crippen LogP contribution in [0.2, 0.25) is 0 Å². The van der Waals surface area contributed by atoms with E-state index in [1.807, 2.05) is 18.2 Å². The predicted molar refractivity (Wildman–Crippen MR) is 73.1 cm³/mol. The topological polar surface area (TPSA) is 75.8 Å². The lowest BCUT2D eigenvalue weighted by molar-refractivity contribution is -0.143. The van der Waals surface area contributed by atoms with E-state index in [0.29, 0.717) is 12.3 Å². The Morgan fingerprint density at radius 2 is 2.16 bits per heavy atom. The fourth-order valence-corrected chi connectivity index (χ4v) is 2.30. The summed E-state index contributed by atoms with van der Waals surface area (Å²) >= 11 is 0. The van der Waals surface area contributed by atoms with Crippen molar-refractivity contribution in [3.05, 3.63) is 24.3 Å². The summed E-state index contributed by atoms with van der Waals surface area (Å²) in [4.78, 5) is 13.1. The third kappa shape index (κ3) is 4.13. The number of anilines is 1. The second kappa shape index (κ2) is 6.43. The maximum Gasteiger partial charge on any atom is 0.306 e. The number of carbonyl (C=O) groups is 1. The Morgan fingerprint density at radius 1 is 1.42 bits per heavy atom. The number of benzene rings is 1. The zero-order valence-electron chi connectivity index (χ0n) is 10.9. The van der Waals surface area contributed by atoms with Gasteiger partial charge in [-0.1, -0.05) is 6.07 Å². The van der Waals surface area contributed by atoms with Gasteiger partial charge in [-0.3, -0.25) is 9.69 Å². The molecule has 1 saturated heterocycles. The van der Waals surface area contributed by atoms with Crippen LogP contribution in [0.4, 0.5) is 5.69 Å². The Kier molecular flexibility index (Phi) is 4.63. The Morgan fingerprint density at radius 3 is 2.79 bits per heavy atom. The van der Waals surface area contributed by atoms with Crippen molar-refractivity contribution in [1.29, 1.82) is 0 Å². The zero-order chi connectivity index (χ0) is 13.7. The van der Waals surface area contributed by atoms with Gasteiger partial charge in [0.1, 0.15) is 12.4 Å². The van der Waals surface area contributed by atoms with Crippen molar-refractivity contribution in [3.63, 3.8) is 0 Å². The van der Waals surface area contributed by atoms with Gasteiger partial charge in [0.05, 0.1) is 5.92 Å². The van der Waals surface area contributed by atoms with Gasteiger partial charge in [-0.05, 0) is 38.1 Å². The number of carboxylic acid groups (broad SMARTS) is 1. The molecule has 0 aliphatic carbocycles. The SMILES string of the molecule is Nc1cccc(OCCN2CCC(C(=O)O)CC2)c1. The highest BCUT2D eigenvalue weighted by atomic mass is 16.5. The summed E-state index contributed by atoms with van der Waals surface area (Å²) in [7, 11) is 0. The molecule has 0 radical (unpaired) electrons. The number of rotatable bonds is 5. The summed E-state index contributed by atoms with van der Waals surface area (Å²) in [5.74, 6) is -0.0674. The van der Waals surface area contributed by atoms with Crippen molar-refractivity contribution in [2.24, 2.45) is 5.92 Å². The monoisotopic (exact) mass is 264 g/mol. The van der Waals surface area contributed by atoms with Crippen LogP contribution in [0, 0.1) is 5.92 Å². The molecule has 104 valence electrons. The molecule has 1 aliphatic heterocycles. The van der Waals surface area contributed by atoms with E-state index in [4.69, 9.17) is 15.6 Å². The average molecular weight is 264 g/mol. The summed E-state index contributed by atoms with van der Waals surface area (Å²) in [6.07, 6.45) is 1.46. The van der Waals surface area contributed by atoms with Gasteiger partial charge in [0.15, 0.2) is 0 Å². The Balaban J connectivity index is 1.68. The largest absolute Gasteiger partial charge is 0.492 e. The second-order valence-corrected chi connectivity index (χ2v) is 4.88. The molecule has 19 heavy (non-hydrogen) atoms. The van der Waals surface area contributed by atoms with Crippen molar-refractivity contribution in [1.82, 2.24) is 4.90 Å². The van der Waals surface area contributed by atoms with E-state index in [9.17, 15) is 4.79 Å². The van der Waals surface area contributed by atoms with Crippen LogP contribution in [-0.2, 0) is 4.79 Å². The number of ether oxygens (including phenoxy) is 1. The molecule has 0 aromatic heterocycles. The number of nitrogen functional groups attached to an aromatic ring is 1. The Bertz CT molecular complexity index is 428. The molecule has 5 heteroatoms. The van der Waals surface area contributed by atoms with Crippen LogP contribution in [0.1, 0.15) is 12.8 Å². The van der Waals surface area contributed by atoms with Gasteiger partial charge in [0.2, 0.25) is 0 Å². The molecule has 0 spiro atoms. The first-order chi connectivity index (χ1) is 9.15. The van der Waals surface area contributed by atoms with Crippen LogP contribution in [0.3, 0.4) is 0 Å². The number of hydrogen-bond acceptors (Lipinski definition) is 4. The van der Waals surface area contributed by atoms with Crippen LogP contribution in [0.25, 0.3) is 0 Å². The molecular weight excluding hydrogens is 244 g/mol. The molecule has 1 heterocycles. The number of carboxylic acids is 1. The second-order valence-electron chi connectivity index (χ2n) is 4.88. The highest BCUT2D eigenvalue weighted by molar-refractivity contribution is 5.70. The van der Waals surface area contributed by atoms with Crippen molar-refractivity contribution in [3.8, 4) is 5.75 Å². The zero-order valence-corrected chi connectivity index (χ0v) is 10.9. The summed E-state index contributed by atoms with van der Waals surface area (Å²) < 4.78 is 5.63. The summed E-state index contributed by atoms with van der Waals surface area (Å²) in [5.41, 5.74) is 6.36. The van der Waals surface area contributed by atoms with Crippen molar-refractivity contribution in [2.45, 2.75) is 12.8 Å². The van der Waals surface area contributed by atoms with E-state index in [2.05, 4.69) is 4.90 Å². The quantitative estimate of drug-likeness (QED) is 0.787. The maximum absolute atomic E-state index is 10.8. The smallest absolute Gasteiger partial charge is 0.306 e. The maximum atomic E-state index is 10.8. The molecule has 1 aromatic rings. The van der Waals surface area contributed by atoms with E-state index >= 15 is 0 Å². The first-order valence-corrected chi connectivity index (χ1v) is 6.58. The number of piperidine rings is 1. The molecule has 5 nitrogen and oxygen atoms in total. The first kappa shape index (κ1) is 13.7. The van der Waals surface area contributed by atoms with Crippen LogP contribution in [0.5, 0.6) is 5.75 Å². The summed E-state index contributed by atoms with van der Waals surface area (Å²) in [6.45, 7) is 3.08. The predicted octanol–water partition coefficient (Wildman–Crippen LogP) is 1.44. The number of nitrogens with two attached hydrogens (primary N) is 1. The minimum absolute atomic E-state index is 0.175. The van der Waals surface area contributed by atoms with Crippen molar-refractivity contribution in [2.75, 3.05) is 32.0 Å². The van der Waals surface area contributed by atoms with Crippen LogP contribution < -0.4 is 10.5 Å². The van der Waals surface area contributed by atoms with Gasteiger partial charge in [-0.25, -0.2) is 0 Å². The first-order valence-electron chi connectivity index (χ1n) is 6.58.